The maximum absolute atomic E-state index is 12.9. The topological polar surface area (TPSA) is 79.8 Å². The zero-order valence-electron chi connectivity index (χ0n) is 14.5. The highest BCUT2D eigenvalue weighted by Crippen LogP contribution is 2.22. The number of anilines is 2. The van der Waals surface area contributed by atoms with Gasteiger partial charge in [0.1, 0.15) is 5.82 Å². The second-order valence-electron chi connectivity index (χ2n) is 5.94. The number of para-hydroxylation sites is 1. The van der Waals surface area contributed by atoms with Gasteiger partial charge in [-0.3, -0.25) is 14.8 Å². The minimum Gasteiger partial charge on any atom is -0.365 e. The number of carbonyl (C=O) groups excluding carboxylic acids is 1. The summed E-state index contributed by atoms with van der Waals surface area (Å²) in [5, 5.41) is 7.14. The van der Waals surface area contributed by atoms with Crippen molar-refractivity contribution in [3.8, 4) is 0 Å². The smallest absolute Gasteiger partial charge is 0.259 e. The Morgan fingerprint density at radius 3 is 2.52 bits per heavy atom. The number of hydrogen-bond donors (Lipinski definition) is 2. The van der Waals surface area contributed by atoms with Crippen molar-refractivity contribution in [1.29, 1.82) is 0 Å². The Morgan fingerprint density at radius 1 is 0.852 bits per heavy atom. The first-order chi connectivity index (χ1) is 13.3. The van der Waals surface area contributed by atoms with E-state index in [4.69, 9.17) is 0 Å². The van der Waals surface area contributed by atoms with E-state index in [-0.39, 0.29) is 5.91 Å². The van der Waals surface area contributed by atoms with Gasteiger partial charge in [0.25, 0.3) is 5.91 Å². The molecule has 0 unspecified atom stereocenters. The van der Waals surface area contributed by atoms with E-state index in [0.29, 0.717) is 23.6 Å². The summed E-state index contributed by atoms with van der Waals surface area (Å²) in [7, 11) is 0. The molecule has 0 aliphatic rings. The number of hydrogen-bond acceptors (Lipinski definition) is 5. The molecule has 0 spiro atoms. The van der Waals surface area contributed by atoms with Crippen molar-refractivity contribution in [3.63, 3.8) is 0 Å². The molecule has 0 fully saturated rings. The highest BCUT2D eigenvalue weighted by molar-refractivity contribution is 6.10. The predicted octanol–water partition coefficient (Wildman–Crippen LogP) is 3.89. The molecule has 1 amide bonds. The third-order valence-corrected chi connectivity index (χ3v) is 4.14. The maximum atomic E-state index is 12.9. The maximum Gasteiger partial charge on any atom is 0.259 e. The molecular weight excluding hydrogens is 338 g/mol. The van der Waals surface area contributed by atoms with Gasteiger partial charge >= 0.3 is 0 Å². The molecular formula is C21H17N5O. The number of nitrogens with zero attached hydrogens (tertiary/aromatic N) is 3. The van der Waals surface area contributed by atoms with Gasteiger partial charge in [0, 0.05) is 36.7 Å². The molecule has 6 nitrogen and oxygen atoms in total. The molecule has 0 bridgehead atoms. The molecule has 6 heteroatoms. The first-order valence-electron chi connectivity index (χ1n) is 8.54. The molecule has 0 radical (unpaired) electrons. The Labute approximate surface area is 156 Å². The first kappa shape index (κ1) is 16.7. The monoisotopic (exact) mass is 355 g/mol. The van der Waals surface area contributed by atoms with Crippen molar-refractivity contribution in [2.45, 2.75) is 6.54 Å². The third kappa shape index (κ3) is 3.74. The summed E-state index contributed by atoms with van der Waals surface area (Å²) in [6.45, 7) is 0.551. The summed E-state index contributed by atoms with van der Waals surface area (Å²) < 4.78 is 0. The van der Waals surface area contributed by atoms with Crippen LogP contribution in [0.5, 0.6) is 0 Å². The zero-order chi connectivity index (χ0) is 18.5. The molecule has 2 N–H and O–H groups in total. The van der Waals surface area contributed by atoms with Crippen LogP contribution in [0.4, 0.5) is 11.5 Å². The summed E-state index contributed by atoms with van der Waals surface area (Å²) in [5.74, 6) is 0.290. The number of fused-ring (bicyclic) bond motifs is 1. The summed E-state index contributed by atoms with van der Waals surface area (Å²) in [4.78, 5) is 25.6. The summed E-state index contributed by atoms with van der Waals surface area (Å²) in [6, 6.07) is 16.8. The van der Waals surface area contributed by atoms with Crippen LogP contribution < -0.4 is 10.6 Å². The summed E-state index contributed by atoms with van der Waals surface area (Å²) in [6.07, 6.45) is 6.84. The number of benzene rings is 1. The lowest BCUT2D eigenvalue weighted by Gasteiger charge is -2.12. The van der Waals surface area contributed by atoms with Crippen LogP contribution in [0.15, 0.2) is 79.4 Å². The van der Waals surface area contributed by atoms with Gasteiger partial charge in [0.2, 0.25) is 0 Å². The SMILES string of the molecule is O=C(Nc1cccc2cccnc12)c1cccnc1NCc1ccncc1. The van der Waals surface area contributed by atoms with Crippen LogP contribution in [0.2, 0.25) is 0 Å². The number of amides is 1. The summed E-state index contributed by atoms with van der Waals surface area (Å²) >= 11 is 0. The van der Waals surface area contributed by atoms with Crippen LogP contribution in [0, 0.1) is 0 Å². The Hall–Kier alpha value is -3.80. The molecule has 0 saturated carbocycles. The van der Waals surface area contributed by atoms with Gasteiger partial charge in [0.15, 0.2) is 0 Å². The quantitative estimate of drug-likeness (QED) is 0.568. The van der Waals surface area contributed by atoms with Crippen molar-refractivity contribution in [1.82, 2.24) is 15.0 Å². The highest BCUT2D eigenvalue weighted by Gasteiger charge is 2.14. The molecule has 3 heterocycles. The number of rotatable bonds is 5. The lowest BCUT2D eigenvalue weighted by atomic mass is 10.1. The second-order valence-corrected chi connectivity index (χ2v) is 5.94. The fourth-order valence-electron chi connectivity index (χ4n) is 2.81. The normalized spacial score (nSPS) is 10.5. The Bertz CT molecular complexity index is 1080. The standard InChI is InChI=1S/C21H17N5O/c27-21(26-18-7-1-4-16-5-2-10-23-19(16)18)17-6-3-11-24-20(17)25-14-15-8-12-22-13-9-15/h1-13H,14H2,(H,24,25)(H,26,27). The molecule has 27 heavy (non-hydrogen) atoms. The van der Waals surface area contributed by atoms with E-state index in [1.165, 1.54) is 0 Å². The molecule has 0 aliphatic carbocycles. The van der Waals surface area contributed by atoms with Crippen molar-refractivity contribution in [2.75, 3.05) is 10.6 Å². The van der Waals surface area contributed by atoms with Crippen LogP contribution in [-0.4, -0.2) is 20.9 Å². The fraction of sp³-hybridized carbons (Fsp3) is 0.0476. The Balaban J connectivity index is 1.57. The van der Waals surface area contributed by atoms with E-state index in [1.807, 2.05) is 42.5 Å². The number of pyridine rings is 3. The predicted molar refractivity (Wildman–Crippen MR) is 105 cm³/mol. The van der Waals surface area contributed by atoms with Gasteiger partial charge in [-0.15, -0.1) is 0 Å². The van der Waals surface area contributed by atoms with E-state index < -0.39 is 0 Å². The number of aromatic nitrogens is 3. The minimum atomic E-state index is -0.238. The van der Waals surface area contributed by atoms with E-state index >= 15 is 0 Å². The van der Waals surface area contributed by atoms with Crippen LogP contribution in [0.3, 0.4) is 0 Å². The molecule has 3 aromatic heterocycles. The van der Waals surface area contributed by atoms with Gasteiger partial charge in [-0.1, -0.05) is 18.2 Å². The molecule has 4 aromatic rings. The second kappa shape index (κ2) is 7.61. The molecule has 132 valence electrons. The number of nitrogens with one attached hydrogen (secondary N) is 2. The van der Waals surface area contributed by atoms with E-state index in [0.717, 1.165) is 16.5 Å². The van der Waals surface area contributed by atoms with Gasteiger partial charge < -0.3 is 10.6 Å². The van der Waals surface area contributed by atoms with E-state index in [9.17, 15) is 4.79 Å². The minimum absolute atomic E-state index is 0.238. The van der Waals surface area contributed by atoms with Gasteiger partial charge in [-0.05, 0) is 42.0 Å². The zero-order valence-corrected chi connectivity index (χ0v) is 14.5. The van der Waals surface area contributed by atoms with Crippen LogP contribution in [-0.2, 0) is 6.54 Å². The van der Waals surface area contributed by atoms with Gasteiger partial charge in [-0.2, -0.15) is 0 Å². The number of carbonyl (C=O) groups is 1. The Kier molecular flexibility index (Phi) is 4.70. The third-order valence-electron chi connectivity index (χ3n) is 4.14. The first-order valence-corrected chi connectivity index (χ1v) is 8.54. The lowest BCUT2D eigenvalue weighted by Crippen LogP contribution is -2.16. The van der Waals surface area contributed by atoms with Gasteiger partial charge in [-0.25, -0.2) is 4.98 Å². The van der Waals surface area contributed by atoms with Crippen LogP contribution in [0.1, 0.15) is 15.9 Å². The van der Waals surface area contributed by atoms with Crippen LogP contribution in [0.25, 0.3) is 10.9 Å². The van der Waals surface area contributed by atoms with E-state index in [2.05, 4.69) is 25.6 Å². The highest BCUT2D eigenvalue weighted by atomic mass is 16.1. The largest absolute Gasteiger partial charge is 0.365 e. The van der Waals surface area contributed by atoms with Crippen molar-refractivity contribution < 1.29 is 4.79 Å². The van der Waals surface area contributed by atoms with Crippen molar-refractivity contribution in [2.24, 2.45) is 0 Å². The van der Waals surface area contributed by atoms with Crippen molar-refractivity contribution in [3.05, 3.63) is 90.5 Å². The molecule has 0 saturated heterocycles. The van der Waals surface area contributed by atoms with Gasteiger partial charge in [0.05, 0.1) is 16.8 Å². The molecule has 0 atom stereocenters. The summed E-state index contributed by atoms with van der Waals surface area (Å²) in [5.41, 5.74) is 2.95. The van der Waals surface area contributed by atoms with E-state index in [1.54, 1.807) is 36.9 Å². The lowest BCUT2D eigenvalue weighted by molar-refractivity contribution is 0.102. The Morgan fingerprint density at radius 2 is 1.63 bits per heavy atom. The average Bonchev–Trinajstić information content (AvgIpc) is 2.73. The van der Waals surface area contributed by atoms with Crippen molar-refractivity contribution >= 4 is 28.3 Å². The van der Waals surface area contributed by atoms with Crippen LogP contribution >= 0.6 is 0 Å². The molecule has 4 rings (SSSR count). The fourth-order valence-corrected chi connectivity index (χ4v) is 2.81. The average molecular weight is 355 g/mol. The molecule has 1 aromatic carbocycles. The molecule has 0 aliphatic heterocycles.